The van der Waals surface area contributed by atoms with Crippen LogP contribution in [0.3, 0.4) is 0 Å². The maximum Gasteiger partial charge on any atom is 0.202 e. The van der Waals surface area contributed by atoms with Gasteiger partial charge in [0.2, 0.25) is 5.95 Å². The van der Waals surface area contributed by atoms with E-state index >= 15 is 0 Å². The van der Waals surface area contributed by atoms with Crippen LogP contribution < -0.4 is 4.90 Å². The van der Waals surface area contributed by atoms with Gasteiger partial charge in [0, 0.05) is 25.5 Å². The molecule has 1 N–H and O–H groups in total. The lowest BCUT2D eigenvalue weighted by atomic mass is 9.87. The molecule has 2 rings (SSSR count). The molecule has 14 heavy (non-hydrogen) atoms. The molecule has 1 aromatic rings. The van der Waals surface area contributed by atoms with Crippen molar-refractivity contribution in [3.05, 3.63) is 12.4 Å². The van der Waals surface area contributed by atoms with Crippen LogP contribution >= 0.6 is 0 Å². The second kappa shape index (κ2) is 4.03. The number of nitrogens with one attached hydrogen (secondary N) is 1. The molecule has 1 aromatic heterocycles. The maximum absolute atomic E-state index is 4.28. The zero-order chi connectivity index (χ0) is 9.97. The van der Waals surface area contributed by atoms with E-state index in [1.54, 1.807) is 0 Å². The number of imidazole rings is 1. The molecular weight excluding hydrogens is 174 g/mol. The number of H-pyrrole nitrogens is 1. The van der Waals surface area contributed by atoms with E-state index in [4.69, 9.17) is 0 Å². The highest BCUT2D eigenvalue weighted by Gasteiger charge is 2.22. The predicted octanol–water partition coefficient (Wildman–Crippen LogP) is 2.28. The highest BCUT2D eigenvalue weighted by atomic mass is 15.3. The lowest BCUT2D eigenvalue weighted by Gasteiger charge is -2.33. The fourth-order valence-corrected chi connectivity index (χ4v) is 2.21. The summed E-state index contributed by atoms with van der Waals surface area (Å²) in [6.45, 7) is 6.95. The van der Waals surface area contributed by atoms with Crippen LogP contribution in [0.1, 0.15) is 26.7 Å². The van der Waals surface area contributed by atoms with Crippen LogP contribution in [0.25, 0.3) is 0 Å². The molecule has 0 atom stereocenters. The Morgan fingerprint density at radius 2 is 2.14 bits per heavy atom. The van der Waals surface area contributed by atoms with E-state index in [1.165, 1.54) is 12.8 Å². The molecule has 1 fully saturated rings. The zero-order valence-corrected chi connectivity index (χ0v) is 9.03. The van der Waals surface area contributed by atoms with Crippen LogP contribution in [0.5, 0.6) is 0 Å². The predicted molar refractivity (Wildman–Crippen MR) is 58.4 cm³/mol. The van der Waals surface area contributed by atoms with E-state index < -0.39 is 0 Å². The number of hydrogen-bond donors (Lipinski definition) is 1. The van der Waals surface area contributed by atoms with Gasteiger partial charge in [0.25, 0.3) is 0 Å². The highest BCUT2D eigenvalue weighted by Crippen LogP contribution is 2.25. The number of aromatic amines is 1. The molecule has 1 aliphatic rings. The van der Waals surface area contributed by atoms with Crippen molar-refractivity contribution in [1.29, 1.82) is 0 Å². The first kappa shape index (κ1) is 9.56. The quantitative estimate of drug-likeness (QED) is 0.781. The third-order valence-corrected chi connectivity index (χ3v) is 3.27. The molecule has 0 amide bonds. The van der Waals surface area contributed by atoms with Crippen molar-refractivity contribution in [3.8, 4) is 0 Å². The molecule has 1 aliphatic heterocycles. The van der Waals surface area contributed by atoms with Gasteiger partial charge in [0.1, 0.15) is 0 Å². The lowest BCUT2D eigenvalue weighted by molar-refractivity contribution is 0.310. The molecule has 0 bridgehead atoms. The summed E-state index contributed by atoms with van der Waals surface area (Å²) in [7, 11) is 0. The minimum absolute atomic E-state index is 0.828. The molecule has 2 heterocycles. The Kier molecular flexibility index (Phi) is 2.75. The van der Waals surface area contributed by atoms with Gasteiger partial charge in [-0.15, -0.1) is 0 Å². The van der Waals surface area contributed by atoms with Gasteiger partial charge in [-0.3, -0.25) is 0 Å². The summed E-state index contributed by atoms with van der Waals surface area (Å²) in [6, 6.07) is 0. The second-order valence-corrected chi connectivity index (χ2v) is 4.48. The van der Waals surface area contributed by atoms with Crippen LogP contribution in [0, 0.1) is 11.8 Å². The van der Waals surface area contributed by atoms with Crippen LogP contribution in [0.15, 0.2) is 12.4 Å². The summed E-state index contributed by atoms with van der Waals surface area (Å²) in [5.74, 6) is 2.77. The summed E-state index contributed by atoms with van der Waals surface area (Å²) >= 11 is 0. The Morgan fingerprint density at radius 3 is 2.64 bits per heavy atom. The van der Waals surface area contributed by atoms with E-state index in [1.807, 2.05) is 12.4 Å². The van der Waals surface area contributed by atoms with Crippen molar-refractivity contribution in [3.63, 3.8) is 0 Å². The molecule has 78 valence electrons. The van der Waals surface area contributed by atoms with Gasteiger partial charge < -0.3 is 9.88 Å². The molecule has 3 heteroatoms. The van der Waals surface area contributed by atoms with Crippen LogP contribution in [0.4, 0.5) is 5.95 Å². The molecule has 0 unspecified atom stereocenters. The standard InChI is InChI=1S/C11H19N3/c1-9(2)10-3-7-14(8-4-10)11-12-5-6-13-11/h5-6,9-10H,3-4,7-8H2,1-2H3,(H,12,13). The van der Waals surface area contributed by atoms with E-state index in [-0.39, 0.29) is 0 Å². The molecule has 3 nitrogen and oxygen atoms in total. The monoisotopic (exact) mass is 193 g/mol. The molecule has 0 saturated carbocycles. The van der Waals surface area contributed by atoms with Crippen molar-refractivity contribution in [2.75, 3.05) is 18.0 Å². The summed E-state index contributed by atoms with van der Waals surface area (Å²) in [4.78, 5) is 9.79. The van der Waals surface area contributed by atoms with E-state index in [9.17, 15) is 0 Å². The van der Waals surface area contributed by atoms with Gasteiger partial charge in [-0.05, 0) is 24.7 Å². The van der Waals surface area contributed by atoms with Crippen LogP contribution in [0.2, 0.25) is 0 Å². The molecule has 1 saturated heterocycles. The Hall–Kier alpha value is -0.990. The van der Waals surface area contributed by atoms with Crippen molar-refractivity contribution in [2.45, 2.75) is 26.7 Å². The van der Waals surface area contributed by atoms with Crippen LogP contribution in [-0.4, -0.2) is 23.1 Å². The van der Waals surface area contributed by atoms with Crippen molar-refractivity contribution < 1.29 is 0 Å². The number of aromatic nitrogens is 2. The number of hydrogen-bond acceptors (Lipinski definition) is 2. The third kappa shape index (κ3) is 1.91. The SMILES string of the molecule is CC(C)C1CCN(c2ncc[nH]2)CC1. The first-order chi connectivity index (χ1) is 6.77. The third-order valence-electron chi connectivity index (χ3n) is 3.27. The van der Waals surface area contributed by atoms with Gasteiger partial charge >= 0.3 is 0 Å². The van der Waals surface area contributed by atoms with Gasteiger partial charge in [-0.2, -0.15) is 0 Å². The molecular formula is C11H19N3. The van der Waals surface area contributed by atoms with Gasteiger partial charge in [-0.1, -0.05) is 13.8 Å². The molecule has 0 aliphatic carbocycles. The smallest absolute Gasteiger partial charge is 0.202 e. The van der Waals surface area contributed by atoms with E-state index in [2.05, 4.69) is 28.7 Å². The summed E-state index contributed by atoms with van der Waals surface area (Å²) in [5.41, 5.74) is 0. The largest absolute Gasteiger partial charge is 0.342 e. The number of nitrogens with zero attached hydrogens (tertiary/aromatic N) is 2. The lowest BCUT2D eigenvalue weighted by Crippen LogP contribution is -2.35. The Bertz CT molecular complexity index is 258. The average Bonchev–Trinajstić information content (AvgIpc) is 2.71. The summed E-state index contributed by atoms with van der Waals surface area (Å²) < 4.78 is 0. The number of rotatable bonds is 2. The van der Waals surface area contributed by atoms with Crippen molar-refractivity contribution in [1.82, 2.24) is 9.97 Å². The van der Waals surface area contributed by atoms with Crippen molar-refractivity contribution >= 4 is 5.95 Å². The average molecular weight is 193 g/mol. The fourth-order valence-electron chi connectivity index (χ4n) is 2.21. The highest BCUT2D eigenvalue weighted by molar-refractivity contribution is 5.29. The Labute approximate surface area is 85.5 Å². The Morgan fingerprint density at radius 1 is 1.43 bits per heavy atom. The van der Waals surface area contributed by atoms with E-state index in [0.29, 0.717) is 0 Å². The topological polar surface area (TPSA) is 31.9 Å². The fraction of sp³-hybridized carbons (Fsp3) is 0.727. The molecule has 0 radical (unpaired) electrons. The Balaban J connectivity index is 1.90. The second-order valence-electron chi connectivity index (χ2n) is 4.48. The normalized spacial score (nSPS) is 19.2. The minimum Gasteiger partial charge on any atom is -0.342 e. The molecule has 0 aromatic carbocycles. The summed E-state index contributed by atoms with van der Waals surface area (Å²) in [6.07, 6.45) is 6.32. The first-order valence-corrected chi connectivity index (χ1v) is 5.51. The summed E-state index contributed by atoms with van der Waals surface area (Å²) in [5, 5.41) is 0. The van der Waals surface area contributed by atoms with Crippen LogP contribution in [-0.2, 0) is 0 Å². The van der Waals surface area contributed by atoms with Gasteiger partial charge in [0.05, 0.1) is 0 Å². The van der Waals surface area contributed by atoms with Crippen molar-refractivity contribution in [2.24, 2.45) is 11.8 Å². The zero-order valence-electron chi connectivity index (χ0n) is 9.03. The van der Waals surface area contributed by atoms with Gasteiger partial charge in [-0.25, -0.2) is 4.98 Å². The number of piperidine rings is 1. The number of anilines is 1. The van der Waals surface area contributed by atoms with E-state index in [0.717, 1.165) is 30.9 Å². The first-order valence-electron chi connectivity index (χ1n) is 5.51. The van der Waals surface area contributed by atoms with Gasteiger partial charge in [0.15, 0.2) is 0 Å². The maximum atomic E-state index is 4.28. The minimum atomic E-state index is 0.828. The molecule has 0 spiro atoms.